The minimum Gasteiger partial charge on any atom is -0.347 e. The molecule has 6 nitrogen and oxygen atoms in total. The molecule has 0 radical (unpaired) electrons. The van der Waals surface area contributed by atoms with E-state index in [-0.39, 0.29) is 0 Å². The molecule has 7 heteroatoms. The lowest BCUT2D eigenvalue weighted by Crippen LogP contribution is -2.47. The maximum absolute atomic E-state index is 11.8. The Kier molecular flexibility index (Phi) is 6.70. The van der Waals surface area contributed by atoms with Gasteiger partial charge in [-0.1, -0.05) is 6.07 Å². The summed E-state index contributed by atoms with van der Waals surface area (Å²) in [5.41, 5.74) is 0.633. The SMILES string of the molecule is CSc1cccc(NC(=O)C(=O)NCCN2CCNCC2)c1. The molecule has 0 saturated carbocycles. The third kappa shape index (κ3) is 5.32. The second kappa shape index (κ2) is 8.77. The Labute approximate surface area is 135 Å². The van der Waals surface area contributed by atoms with Crippen LogP contribution < -0.4 is 16.0 Å². The second-order valence-corrected chi connectivity index (χ2v) is 5.91. The van der Waals surface area contributed by atoms with Gasteiger partial charge in [-0.2, -0.15) is 0 Å². The Morgan fingerprint density at radius 3 is 2.77 bits per heavy atom. The van der Waals surface area contributed by atoms with E-state index in [0.29, 0.717) is 12.2 Å². The maximum atomic E-state index is 11.8. The molecule has 1 aromatic rings. The van der Waals surface area contributed by atoms with Crippen molar-refractivity contribution in [3.8, 4) is 0 Å². The Bertz CT molecular complexity index is 518. The number of rotatable bonds is 5. The minimum atomic E-state index is -0.626. The lowest BCUT2D eigenvalue weighted by molar-refractivity contribution is -0.136. The van der Waals surface area contributed by atoms with Gasteiger partial charge in [0.1, 0.15) is 0 Å². The lowest BCUT2D eigenvalue weighted by atomic mass is 10.3. The number of nitrogens with zero attached hydrogens (tertiary/aromatic N) is 1. The zero-order valence-corrected chi connectivity index (χ0v) is 13.5. The highest BCUT2D eigenvalue weighted by Gasteiger charge is 2.14. The molecule has 3 N–H and O–H groups in total. The first-order valence-electron chi connectivity index (χ1n) is 7.35. The van der Waals surface area contributed by atoms with Crippen LogP contribution in [0.4, 0.5) is 5.69 Å². The van der Waals surface area contributed by atoms with E-state index >= 15 is 0 Å². The summed E-state index contributed by atoms with van der Waals surface area (Å²) in [5, 5.41) is 8.55. The molecule has 0 aliphatic carbocycles. The van der Waals surface area contributed by atoms with Crippen molar-refractivity contribution in [1.82, 2.24) is 15.5 Å². The van der Waals surface area contributed by atoms with Crippen LogP contribution in [-0.2, 0) is 9.59 Å². The smallest absolute Gasteiger partial charge is 0.313 e. The predicted octanol–water partition coefficient (Wildman–Crippen LogP) is 0.368. The van der Waals surface area contributed by atoms with Crippen LogP contribution >= 0.6 is 11.8 Å². The van der Waals surface area contributed by atoms with E-state index in [1.807, 2.05) is 24.5 Å². The first-order chi connectivity index (χ1) is 10.7. The van der Waals surface area contributed by atoms with E-state index in [9.17, 15) is 9.59 Å². The molecule has 0 atom stereocenters. The first-order valence-corrected chi connectivity index (χ1v) is 8.58. The minimum absolute atomic E-state index is 0.483. The average Bonchev–Trinajstić information content (AvgIpc) is 2.56. The van der Waals surface area contributed by atoms with Crippen LogP contribution in [0.2, 0.25) is 0 Å². The fourth-order valence-corrected chi connectivity index (χ4v) is 2.69. The molecule has 2 amide bonds. The monoisotopic (exact) mass is 322 g/mol. The van der Waals surface area contributed by atoms with Crippen molar-refractivity contribution in [3.63, 3.8) is 0 Å². The summed E-state index contributed by atoms with van der Waals surface area (Å²) >= 11 is 1.59. The molecule has 0 spiro atoms. The molecule has 1 heterocycles. The van der Waals surface area contributed by atoms with Gasteiger partial charge < -0.3 is 16.0 Å². The van der Waals surface area contributed by atoms with Crippen molar-refractivity contribution in [2.24, 2.45) is 0 Å². The van der Waals surface area contributed by atoms with Crippen molar-refractivity contribution in [1.29, 1.82) is 0 Å². The van der Waals surface area contributed by atoms with Gasteiger partial charge in [0.05, 0.1) is 0 Å². The van der Waals surface area contributed by atoms with Crippen LogP contribution in [0, 0.1) is 0 Å². The van der Waals surface area contributed by atoms with E-state index in [1.54, 1.807) is 17.8 Å². The molecule has 0 aromatic heterocycles. The number of benzene rings is 1. The van der Waals surface area contributed by atoms with Gasteiger partial charge in [-0.3, -0.25) is 14.5 Å². The molecule has 1 saturated heterocycles. The molecule has 1 aromatic carbocycles. The third-order valence-corrected chi connectivity index (χ3v) is 4.18. The third-order valence-electron chi connectivity index (χ3n) is 3.46. The maximum Gasteiger partial charge on any atom is 0.313 e. The molecule has 2 rings (SSSR count). The van der Waals surface area contributed by atoms with Crippen molar-refractivity contribution >= 4 is 29.3 Å². The fraction of sp³-hybridized carbons (Fsp3) is 0.467. The Balaban J connectivity index is 1.73. The van der Waals surface area contributed by atoms with Crippen LogP contribution in [0.15, 0.2) is 29.2 Å². The average molecular weight is 322 g/mol. The highest BCUT2D eigenvalue weighted by Crippen LogP contribution is 2.18. The number of anilines is 1. The molecule has 0 bridgehead atoms. The van der Waals surface area contributed by atoms with Gasteiger partial charge >= 0.3 is 11.8 Å². The van der Waals surface area contributed by atoms with Gasteiger partial charge in [0.25, 0.3) is 0 Å². The van der Waals surface area contributed by atoms with E-state index in [0.717, 1.165) is 37.6 Å². The highest BCUT2D eigenvalue weighted by atomic mass is 32.2. The number of carbonyl (C=O) groups excluding carboxylic acids is 2. The Morgan fingerprint density at radius 2 is 2.05 bits per heavy atom. The lowest BCUT2D eigenvalue weighted by Gasteiger charge is -2.26. The molecule has 1 aliphatic rings. The highest BCUT2D eigenvalue weighted by molar-refractivity contribution is 7.98. The van der Waals surface area contributed by atoms with Crippen LogP contribution in [0.1, 0.15) is 0 Å². The fourth-order valence-electron chi connectivity index (χ4n) is 2.23. The van der Waals surface area contributed by atoms with Gasteiger partial charge in [0.15, 0.2) is 0 Å². The molecule has 1 fully saturated rings. The Hall–Kier alpha value is -1.57. The standard InChI is InChI=1S/C15H22N4O2S/c1-22-13-4-2-3-12(11-13)18-15(21)14(20)17-7-10-19-8-5-16-6-9-19/h2-4,11,16H,5-10H2,1H3,(H,17,20)(H,18,21). The van der Waals surface area contributed by atoms with Crippen LogP contribution in [0.3, 0.4) is 0 Å². The number of carbonyl (C=O) groups is 2. The molecular formula is C15H22N4O2S. The van der Waals surface area contributed by atoms with Crippen LogP contribution in [0.25, 0.3) is 0 Å². The second-order valence-electron chi connectivity index (χ2n) is 5.03. The zero-order valence-electron chi connectivity index (χ0n) is 12.7. The van der Waals surface area contributed by atoms with E-state index in [2.05, 4.69) is 20.9 Å². The zero-order chi connectivity index (χ0) is 15.8. The predicted molar refractivity (Wildman–Crippen MR) is 89.2 cm³/mol. The van der Waals surface area contributed by atoms with Gasteiger partial charge in [-0.25, -0.2) is 0 Å². The number of hydrogen-bond donors (Lipinski definition) is 3. The van der Waals surface area contributed by atoms with Crippen molar-refractivity contribution in [3.05, 3.63) is 24.3 Å². The quantitative estimate of drug-likeness (QED) is 0.539. The molecule has 120 valence electrons. The summed E-state index contributed by atoms with van der Waals surface area (Å²) in [5.74, 6) is -1.22. The molecule has 0 unspecified atom stereocenters. The van der Waals surface area contributed by atoms with Crippen molar-refractivity contribution in [2.45, 2.75) is 4.90 Å². The van der Waals surface area contributed by atoms with Gasteiger partial charge in [-0.05, 0) is 24.5 Å². The summed E-state index contributed by atoms with van der Waals surface area (Å²) in [7, 11) is 0. The molecular weight excluding hydrogens is 300 g/mol. The summed E-state index contributed by atoms with van der Waals surface area (Å²) in [6.45, 7) is 5.15. The normalized spacial score (nSPS) is 15.3. The van der Waals surface area contributed by atoms with Crippen molar-refractivity contribution in [2.75, 3.05) is 50.8 Å². The van der Waals surface area contributed by atoms with Crippen LogP contribution in [-0.4, -0.2) is 62.2 Å². The van der Waals surface area contributed by atoms with Gasteiger partial charge in [-0.15, -0.1) is 11.8 Å². The summed E-state index contributed by atoms with van der Waals surface area (Å²) in [6, 6.07) is 7.42. The number of thioether (sulfide) groups is 1. The van der Waals surface area contributed by atoms with E-state index < -0.39 is 11.8 Å². The van der Waals surface area contributed by atoms with Crippen molar-refractivity contribution < 1.29 is 9.59 Å². The first kappa shape index (κ1) is 16.8. The van der Waals surface area contributed by atoms with Gasteiger partial charge in [0.2, 0.25) is 0 Å². The molecule has 22 heavy (non-hydrogen) atoms. The number of amides is 2. The summed E-state index contributed by atoms with van der Waals surface area (Å²) < 4.78 is 0. The summed E-state index contributed by atoms with van der Waals surface area (Å²) in [4.78, 5) is 26.9. The van der Waals surface area contributed by atoms with Gasteiger partial charge in [0, 0.05) is 49.9 Å². The number of hydrogen-bond acceptors (Lipinski definition) is 5. The number of nitrogens with one attached hydrogen (secondary N) is 3. The van der Waals surface area contributed by atoms with E-state index in [1.165, 1.54) is 0 Å². The summed E-state index contributed by atoms with van der Waals surface area (Å²) in [6.07, 6.45) is 1.96. The van der Waals surface area contributed by atoms with E-state index in [4.69, 9.17) is 0 Å². The van der Waals surface area contributed by atoms with Crippen LogP contribution in [0.5, 0.6) is 0 Å². The molecule has 1 aliphatic heterocycles. The Morgan fingerprint density at radius 1 is 1.27 bits per heavy atom. The number of piperazine rings is 1. The largest absolute Gasteiger partial charge is 0.347 e. The topological polar surface area (TPSA) is 73.5 Å².